The van der Waals surface area contributed by atoms with E-state index < -0.39 is 18.2 Å². The van der Waals surface area contributed by atoms with Crippen molar-refractivity contribution in [2.24, 2.45) is 0 Å². The number of benzene rings is 1. The number of halogens is 2. The van der Waals surface area contributed by atoms with Gasteiger partial charge in [-0.1, -0.05) is 18.2 Å². The van der Waals surface area contributed by atoms with Gasteiger partial charge in [-0.05, 0) is 11.6 Å². The SMILES string of the molecule is O=C1CN(C(=O)C(F)F)Cc2ccccc2N1. The lowest BCUT2D eigenvalue weighted by Crippen LogP contribution is -2.38. The molecule has 1 aromatic rings. The van der Waals surface area contributed by atoms with Gasteiger partial charge in [0.15, 0.2) is 0 Å². The van der Waals surface area contributed by atoms with E-state index in [1.807, 2.05) is 0 Å². The number of hydrogen-bond donors (Lipinski definition) is 1. The smallest absolute Gasteiger partial charge is 0.315 e. The maximum atomic E-state index is 12.3. The van der Waals surface area contributed by atoms with Crippen LogP contribution in [0.2, 0.25) is 0 Å². The molecule has 2 rings (SSSR count). The molecule has 2 amide bonds. The summed E-state index contributed by atoms with van der Waals surface area (Å²) < 4.78 is 24.7. The van der Waals surface area contributed by atoms with E-state index in [4.69, 9.17) is 0 Å². The second kappa shape index (κ2) is 4.48. The van der Waals surface area contributed by atoms with Crippen LogP contribution in [0.15, 0.2) is 24.3 Å². The van der Waals surface area contributed by atoms with Crippen LogP contribution in [0, 0.1) is 0 Å². The highest BCUT2D eigenvalue weighted by molar-refractivity contribution is 5.96. The lowest BCUT2D eigenvalue weighted by atomic mass is 10.2. The number of amides is 2. The number of carbonyl (C=O) groups excluding carboxylic acids is 2. The van der Waals surface area contributed by atoms with Crippen molar-refractivity contribution >= 4 is 17.5 Å². The molecule has 0 aromatic heterocycles. The first-order chi connectivity index (χ1) is 8.08. The van der Waals surface area contributed by atoms with Crippen LogP contribution < -0.4 is 5.32 Å². The summed E-state index contributed by atoms with van der Waals surface area (Å²) in [4.78, 5) is 23.5. The third-order valence-electron chi connectivity index (χ3n) is 2.49. The molecule has 4 nitrogen and oxygen atoms in total. The highest BCUT2D eigenvalue weighted by atomic mass is 19.3. The highest BCUT2D eigenvalue weighted by Gasteiger charge is 2.28. The normalized spacial score (nSPS) is 15.2. The zero-order chi connectivity index (χ0) is 12.4. The molecule has 1 aromatic carbocycles. The molecule has 0 saturated heterocycles. The van der Waals surface area contributed by atoms with Gasteiger partial charge >= 0.3 is 6.43 Å². The molecule has 1 aliphatic rings. The second-order valence-corrected chi connectivity index (χ2v) is 3.70. The van der Waals surface area contributed by atoms with Crippen LogP contribution in [-0.2, 0) is 16.1 Å². The summed E-state index contributed by atoms with van der Waals surface area (Å²) in [5, 5.41) is 2.57. The summed E-state index contributed by atoms with van der Waals surface area (Å²) in [6, 6.07) is 6.81. The van der Waals surface area contributed by atoms with Gasteiger partial charge in [-0.2, -0.15) is 8.78 Å². The van der Waals surface area contributed by atoms with Crippen molar-refractivity contribution in [2.75, 3.05) is 11.9 Å². The predicted octanol–water partition coefficient (Wildman–Crippen LogP) is 1.23. The first kappa shape index (κ1) is 11.5. The highest BCUT2D eigenvalue weighted by Crippen LogP contribution is 2.20. The summed E-state index contributed by atoms with van der Waals surface area (Å²) in [5.41, 5.74) is 1.20. The van der Waals surface area contributed by atoms with Crippen LogP contribution in [0.25, 0.3) is 0 Å². The van der Waals surface area contributed by atoms with Crippen LogP contribution in [0.3, 0.4) is 0 Å². The number of anilines is 1. The summed E-state index contributed by atoms with van der Waals surface area (Å²) >= 11 is 0. The molecule has 1 heterocycles. The lowest BCUT2D eigenvalue weighted by Gasteiger charge is -2.18. The molecule has 0 radical (unpaired) electrons. The predicted molar refractivity (Wildman–Crippen MR) is 56.5 cm³/mol. The maximum Gasteiger partial charge on any atom is 0.315 e. The third kappa shape index (κ3) is 2.41. The van der Waals surface area contributed by atoms with Crippen LogP contribution in [-0.4, -0.2) is 29.7 Å². The van der Waals surface area contributed by atoms with Gasteiger partial charge in [-0.25, -0.2) is 0 Å². The van der Waals surface area contributed by atoms with Gasteiger partial charge < -0.3 is 10.2 Å². The zero-order valence-corrected chi connectivity index (χ0v) is 8.82. The fraction of sp³-hybridized carbons (Fsp3) is 0.273. The van der Waals surface area contributed by atoms with Crippen molar-refractivity contribution < 1.29 is 18.4 Å². The molecule has 6 heteroatoms. The summed E-state index contributed by atoms with van der Waals surface area (Å²) in [5.74, 6) is -1.79. The molecular weight excluding hydrogens is 230 g/mol. The Kier molecular flexibility index (Phi) is 3.03. The topological polar surface area (TPSA) is 49.4 Å². The summed E-state index contributed by atoms with van der Waals surface area (Å²) in [6.45, 7) is -0.337. The number of rotatable bonds is 1. The average Bonchev–Trinajstić information content (AvgIpc) is 2.45. The van der Waals surface area contributed by atoms with E-state index in [-0.39, 0.29) is 13.1 Å². The quantitative estimate of drug-likeness (QED) is 0.802. The zero-order valence-electron chi connectivity index (χ0n) is 8.82. The first-order valence-electron chi connectivity index (χ1n) is 5.02. The Morgan fingerprint density at radius 2 is 2.00 bits per heavy atom. The Balaban J connectivity index is 2.29. The van der Waals surface area contributed by atoms with Crippen LogP contribution in [0.4, 0.5) is 14.5 Å². The molecular formula is C11H10F2N2O2. The Labute approximate surface area is 96.2 Å². The molecule has 0 atom stereocenters. The first-order valence-corrected chi connectivity index (χ1v) is 5.02. The summed E-state index contributed by atoms with van der Waals surface area (Å²) in [6.07, 6.45) is -3.09. The van der Waals surface area contributed by atoms with E-state index >= 15 is 0 Å². The van der Waals surface area contributed by atoms with E-state index in [1.165, 1.54) is 0 Å². The molecule has 0 unspecified atom stereocenters. The van der Waals surface area contributed by atoms with Crippen molar-refractivity contribution in [1.82, 2.24) is 4.90 Å². The number of alkyl halides is 2. The minimum Gasteiger partial charge on any atom is -0.324 e. The molecule has 90 valence electrons. The van der Waals surface area contributed by atoms with Crippen molar-refractivity contribution in [1.29, 1.82) is 0 Å². The van der Waals surface area contributed by atoms with Gasteiger partial charge in [0.25, 0.3) is 5.91 Å². The van der Waals surface area contributed by atoms with Crippen molar-refractivity contribution in [3.8, 4) is 0 Å². The maximum absolute atomic E-state index is 12.3. The van der Waals surface area contributed by atoms with Crippen LogP contribution in [0.5, 0.6) is 0 Å². The van der Waals surface area contributed by atoms with Crippen molar-refractivity contribution in [3.63, 3.8) is 0 Å². The van der Waals surface area contributed by atoms with E-state index in [9.17, 15) is 18.4 Å². The fourth-order valence-corrected chi connectivity index (χ4v) is 1.70. The van der Waals surface area contributed by atoms with E-state index in [2.05, 4.69) is 5.32 Å². The second-order valence-electron chi connectivity index (χ2n) is 3.70. The van der Waals surface area contributed by atoms with Crippen molar-refractivity contribution in [2.45, 2.75) is 13.0 Å². The Hall–Kier alpha value is -1.98. The summed E-state index contributed by atoms with van der Waals surface area (Å²) in [7, 11) is 0. The van der Waals surface area contributed by atoms with Crippen LogP contribution >= 0.6 is 0 Å². The van der Waals surface area contributed by atoms with E-state index in [1.54, 1.807) is 24.3 Å². The largest absolute Gasteiger partial charge is 0.324 e. The molecule has 17 heavy (non-hydrogen) atoms. The number of fused-ring (bicyclic) bond motifs is 1. The van der Waals surface area contributed by atoms with Crippen molar-refractivity contribution in [3.05, 3.63) is 29.8 Å². The third-order valence-corrected chi connectivity index (χ3v) is 2.49. The monoisotopic (exact) mass is 240 g/mol. The van der Waals surface area contributed by atoms with Gasteiger partial charge in [0.2, 0.25) is 5.91 Å². The van der Waals surface area contributed by atoms with Gasteiger partial charge in [0.05, 0.1) is 0 Å². The average molecular weight is 240 g/mol. The van der Waals surface area contributed by atoms with Gasteiger partial charge in [0.1, 0.15) is 6.54 Å². The Morgan fingerprint density at radius 1 is 1.29 bits per heavy atom. The number of nitrogens with zero attached hydrogens (tertiary/aromatic N) is 1. The number of nitrogens with one attached hydrogen (secondary N) is 1. The molecule has 0 fully saturated rings. The molecule has 0 spiro atoms. The number of para-hydroxylation sites is 1. The van der Waals surface area contributed by atoms with Gasteiger partial charge in [-0.15, -0.1) is 0 Å². The van der Waals surface area contributed by atoms with Gasteiger partial charge in [-0.3, -0.25) is 9.59 Å². The number of carbonyl (C=O) groups is 2. The van der Waals surface area contributed by atoms with Crippen LogP contribution in [0.1, 0.15) is 5.56 Å². The molecule has 1 aliphatic heterocycles. The number of hydrogen-bond acceptors (Lipinski definition) is 2. The standard InChI is InChI=1S/C11H10F2N2O2/c12-10(13)11(17)15-5-7-3-1-2-4-8(7)14-9(16)6-15/h1-4,10H,5-6H2,(H,14,16). The van der Waals surface area contributed by atoms with E-state index in [0.29, 0.717) is 11.3 Å². The van der Waals surface area contributed by atoms with Gasteiger partial charge in [0, 0.05) is 12.2 Å². The Bertz CT molecular complexity index is 463. The van der Waals surface area contributed by atoms with E-state index in [0.717, 1.165) is 4.90 Å². The lowest BCUT2D eigenvalue weighted by molar-refractivity contribution is -0.145. The minimum atomic E-state index is -3.09. The fourth-order valence-electron chi connectivity index (χ4n) is 1.70. The molecule has 0 aliphatic carbocycles. The Morgan fingerprint density at radius 3 is 2.71 bits per heavy atom. The molecule has 0 saturated carbocycles. The molecule has 0 bridgehead atoms. The minimum absolute atomic E-state index is 0.0120. The molecule has 1 N–H and O–H groups in total.